The molecule has 1 aromatic carbocycles. The van der Waals surface area contributed by atoms with Crippen molar-refractivity contribution < 1.29 is 9.64 Å². The van der Waals surface area contributed by atoms with Gasteiger partial charge in [-0.1, -0.05) is 11.3 Å². The molecule has 26 heavy (non-hydrogen) atoms. The fourth-order valence-electron chi connectivity index (χ4n) is 3.31. The molecule has 2 aromatic heterocycles. The Morgan fingerprint density at radius 2 is 2.15 bits per heavy atom. The van der Waals surface area contributed by atoms with Crippen LogP contribution in [0, 0.1) is 3.95 Å². The number of methoxy groups -OCH3 is 1. The average molecular weight is 406 g/mol. The van der Waals surface area contributed by atoms with Crippen molar-refractivity contribution in [1.82, 2.24) is 9.78 Å². The molecule has 0 saturated carbocycles. The largest absolute Gasteiger partial charge is 0.497 e. The van der Waals surface area contributed by atoms with Gasteiger partial charge >= 0.3 is 0 Å². The maximum absolute atomic E-state index is 5.54. The van der Waals surface area contributed by atoms with Gasteiger partial charge in [0.25, 0.3) is 0 Å². The lowest BCUT2D eigenvalue weighted by molar-refractivity contribution is -0.954. The number of fused-ring (bicyclic) bond motifs is 1. The first-order valence-electron chi connectivity index (χ1n) is 8.54. The van der Waals surface area contributed by atoms with Crippen LogP contribution in [0.15, 0.2) is 35.7 Å². The number of quaternary nitrogens is 1. The second-order valence-corrected chi connectivity index (χ2v) is 8.99. The first kappa shape index (κ1) is 17.7. The monoisotopic (exact) mass is 405 g/mol. The van der Waals surface area contributed by atoms with Gasteiger partial charge in [0.2, 0.25) is 5.13 Å². The van der Waals surface area contributed by atoms with Crippen molar-refractivity contribution in [2.75, 3.05) is 19.0 Å². The van der Waals surface area contributed by atoms with E-state index in [4.69, 9.17) is 22.1 Å². The molecule has 0 aliphatic carbocycles. The minimum absolute atomic E-state index is 0.478. The first-order chi connectivity index (χ1) is 12.6. The van der Waals surface area contributed by atoms with Crippen molar-refractivity contribution >= 4 is 45.7 Å². The molecule has 0 bridgehead atoms. The summed E-state index contributed by atoms with van der Waals surface area (Å²) in [6.07, 6.45) is 1.14. The van der Waals surface area contributed by atoms with Crippen LogP contribution in [0.5, 0.6) is 5.75 Å². The standard InChI is InChI=1S/C18H20N4OS3/c1-12-15-8-10-25-16(15)7-9-21(12)11-22-18(24)26-17(20-22)19-13-3-5-14(23-2)6-4-13/h3-6,8,10,12H,7,9,11H2,1-2H3,(H,19,20)/p+1/t12-/m1/s1. The third-order valence-electron chi connectivity index (χ3n) is 4.83. The van der Waals surface area contributed by atoms with Gasteiger partial charge in [-0.05, 0) is 54.9 Å². The van der Waals surface area contributed by atoms with Crippen molar-refractivity contribution in [3.8, 4) is 5.75 Å². The minimum Gasteiger partial charge on any atom is -0.497 e. The Labute approximate surface area is 165 Å². The molecule has 1 aliphatic rings. The third-order valence-corrected chi connectivity index (χ3v) is 7.05. The van der Waals surface area contributed by atoms with E-state index in [-0.39, 0.29) is 0 Å². The number of aromatic nitrogens is 2. The molecule has 0 radical (unpaired) electrons. The molecule has 8 heteroatoms. The molecule has 5 nitrogen and oxygen atoms in total. The average Bonchev–Trinajstić information content (AvgIpc) is 3.25. The molecule has 2 N–H and O–H groups in total. The maximum Gasteiger partial charge on any atom is 0.209 e. The zero-order valence-corrected chi connectivity index (χ0v) is 17.1. The highest BCUT2D eigenvalue weighted by atomic mass is 32.1. The van der Waals surface area contributed by atoms with Crippen molar-refractivity contribution in [2.45, 2.75) is 26.1 Å². The molecule has 4 rings (SSSR count). The molecular weight excluding hydrogens is 384 g/mol. The quantitative estimate of drug-likeness (QED) is 0.636. The second-order valence-electron chi connectivity index (χ2n) is 6.36. The fourth-order valence-corrected chi connectivity index (χ4v) is 5.32. The number of hydrogen-bond acceptors (Lipinski definition) is 6. The van der Waals surface area contributed by atoms with E-state index in [0.29, 0.717) is 6.04 Å². The van der Waals surface area contributed by atoms with Crippen LogP contribution in [0.2, 0.25) is 0 Å². The summed E-state index contributed by atoms with van der Waals surface area (Å²) in [4.78, 5) is 3.04. The zero-order valence-electron chi connectivity index (χ0n) is 14.7. The number of hydrogen-bond donors (Lipinski definition) is 2. The van der Waals surface area contributed by atoms with Crippen LogP contribution >= 0.6 is 34.9 Å². The Kier molecular flexibility index (Phi) is 5.08. The van der Waals surface area contributed by atoms with Crippen LogP contribution in [-0.2, 0) is 13.1 Å². The first-order valence-corrected chi connectivity index (χ1v) is 10.6. The molecule has 0 amide bonds. The predicted molar refractivity (Wildman–Crippen MR) is 109 cm³/mol. The van der Waals surface area contributed by atoms with E-state index in [1.54, 1.807) is 7.11 Å². The number of thiophene rings is 1. The summed E-state index contributed by atoms with van der Waals surface area (Å²) in [5.41, 5.74) is 2.46. The van der Waals surface area contributed by atoms with Crippen molar-refractivity contribution in [2.24, 2.45) is 0 Å². The SMILES string of the molecule is COc1ccc(Nc2nn(C[NH+]3CCc4sccc4[C@H]3C)c(=S)s2)cc1. The van der Waals surface area contributed by atoms with Gasteiger partial charge in [-0.15, -0.1) is 16.4 Å². The minimum atomic E-state index is 0.478. The van der Waals surface area contributed by atoms with E-state index in [2.05, 4.69) is 23.7 Å². The summed E-state index contributed by atoms with van der Waals surface area (Å²) in [6.45, 7) is 4.22. The van der Waals surface area contributed by atoms with Crippen LogP contribution < -0.4 is 15.0 Å². The molecule has 136 valence electrons. The maximum atomic E-state index is 5.54. The number of nitrogens with one attached hydrogen (secondary N) is 2. The molecule has 3 aromatic rings. The van der Waals surface area contributed by atoms with E-state index < -0.39 is 0 Å². The molecular formula is C18H21N4OS3+. The Balaban J connectivity index is 1.47. The third kappa shape index (κ3) is 3.55. The van der Waals surface area contributed by atoms with Gasteiger partial charge in [0.15, 0.2) is 10.6 Å². The smallest absolute Gasteiger partial charge is 0.209 e. The molecule has 0 spiro atoms. The predicted octanol–water partition coefficient (Wildman–Crippen LogP) is 3.65. The summed E-state index contributed by atoms with van der Waals surface area (Å²) < 4.78 is 7.95. The van der Waals surface area contributed by atoms with E-state index >= 15 is 0 Å². The topological polar surface area (TPSA) is 43.5 Å². The van der Waals surface area contributed by atoms with Crippen molar-refractivity contribution in [3.05, 3.63) is 50.1 Å². The molecule has 2 atom stereocenters. The van der Waals surface area contributed by atoms with Gasteiger partial charge in [0.1, 0.15) is 11.8 Å². The summed E-state index contributed by atoms with van der Waals surface area (Å²) in [5, 5.41) is 11.0. The lowest BCUT2D eigenvalue weighted by Gasteiger charge is -2.30. The van der Waals surface area contributed by atoms with Crippen LogP contribution in [0.25, 0.3) is 0 Å². The van der Waals surface area contributed by atoms with Gasteiger partial charge in [0.05, 0.1) is 13.7 Å². The van der Waals surface area contributed by atoms with E-state index in [9.17, 15) is 0 Å². The van der Waals surface area contributed by atoms with Gasteiger partial charge in [0, 0.05) is 22.5 Å². The van der Waals surface area contributed by atoms with E-state index in [0.717, 1.165) is 40.2 Å². The summed E-state index contributed by atoms with van der Waals surface area (Å²) in [5.74, 6) is 0.837. The molecule has 1 aliphatic heterocycles. The number of benzene rings is 1. The lowest BCUT2D eigenvalue weighted by Crippen LogP contribution is -3.12. The highest BCUT2D eigenvalue weighted by Crippen LogP contribution is 2.25. The van der Waals surface area contributed by atoms with Crippen molar-refractivity contribution in [3.63, 3.8) is 0 Å². The van der Waals surface area contributed by atoms with Crippen molar-refractivity contribution in [1.29, 1.82) is 0 Å². The molecule has 3 heterocycles. The molecule has 0 fully saturated rings. The summed E-state index contributed by atoms with van der Waals surface area (Å²) >= 11 is 8.93. The number of rotatable bonds is 5. The second kappa shape index (κ2) is 7.48. The Bertz CT molecular complexity index is 944. The Morgan fingerprint density at radius 3 is 2.92 bits per heavy atom. The molecule has 1 unspecified atom stereocenters. The van der Waals surface area contributed by atoms with Crippen LogP contribution in [0.4, 0.5) is 10.8 Å². The summed E-state index contributed by atoms with van der Waals surface area (Å²) in [7, 11) is 1.67. The lowest BCUT2D eigenvalue weighted by atomic mass is 10.0. The Morgan fingerprint density at radius 1 is 1.35 bits per heavy atom. The van der Waals surface area contributed by atoms with E-state index in [1.807, 2.05) is 40.3 Å². The number of ether oxygens (including phenoxy) is 1. The van der Waals surface area contributed by atoms with Crippen LogP contribution in [-0.4, -0.2) is 23.4 Å². The van der Waals surface area contributed by atoms with Gasteiger partial charge in [-0.2, -0.15) is 4.68 Å². The van der Waals surface area contributed by atoms with Crippen LogP contribution in [0.1, 0.15) is 23.4 Å². The molecule has 0 saturated heterocycles. The number of anilines is 2. The normalized spacial score (nSPS) is 19.2. The highest BCUT2D eigenvalue weighted by molar-refractivity contribution is 7.73. The van der Waals surface area contributed by atoms with Gasteiger partial charge < -0.3 is 15.0 Å². The van der Waals surface area contributed by atoms with Gasteiger partial charge in [-0.25, -0.2) is 0 Å². The van der Waals surface area contributed by atoms with E-state index in [1.165, 1.54) is 26.7 Å². The number of nitrogens with zero attached hydrogens (tertiary/aromatic N) is 2. The Hall–Kier alpha value is -1.74. The summed E-state index contributed by atoms with van der Waals surface area (Å²) in [6, 6.07) is 10.5. The fraction of sp³-hybridized carbons (Fsp3) is 0.333. The van der Waals surface area contributed by atoms with Gasteiger partial charge in [-0.3, -0.25) is 0 Å². The zero-order chi connectivity index (χ0) is 18.1. The highest BCUT2D eigenvalue weighted by Gasteiger charge is 2.28. The van der Waals surface area contributed by atoms with Crippen LogP contribution in [0.3, 0.4) is 0 Å².